The summed E-state index contributed by atoms with van der Waals surface area (Å²) in [5.41, 5.74) is 1.87. The van der Waals surface area contributed by atoms with E-state index in [4.69, 9.17) is 9.47 Å². The summed E-state index contributed by atoms with van der Waals surface area (Å²) in [5.74, 6) is 0.199. The van der Waals surface area contributed by atoms with Crippen molar-refractivity contribution in [2.24, 2.45) is 0 Å². The molecule has 1 heterocycles. The molecular formula is C19H20N2O4. The van der Waals surface area contributed by atoms with Crippen molar-refractivity contribution in [2.45, 2.75) is 12.5 Å². The fraction of sp³-hybridized carbons (Fsp3) is 0.263. The van der Waals surface area contributed by atoms with Crippen LogP contribution in [0.3, 0.4) is 0 Å². The number of para-hydroxylation sites is 2. The molecule has 6 nitrogen and oxygen atoms in total. The van der Waals surface area contributed by atoms with Crippen molar-refractivity contribution in [3.8, 4) is 5.75 Å². The molecule has 0 unspecified atom stereocenters. The van der Waals surface area contributed by atoms with Gasteiger partial charge in [-0.2, -0.15) is 0 Å². The van der Waals surface area contributed by atoms with Crippen LogP contribution in [0.5, 0.6) is 5.75 Å². The van der Waals surface area contributed by atoms with Gasteiger partial charge in [-0.25, -0.2) is 0 Å². The number of nitrogens with one attached hydrogen (secondary N) is 2. The van der Waals surface area contributed by atoms with E-state index >= 15 is 0 Å². The van der Waals surface area contributed by atoms with E-state index in [1.807, 2.05) is 24.3 Å². The number of carbonyl (C=O) groups excluding carboxylic acids is 2. The second-order valence-electron chi connectivity index (χ2n) is 5.70. The number of fused-ring (bicyclic) bond motifs is 1. The van der Waals surface area contributed by atoms with Crippen LogP contribution in [0.15, 0.2) is 48.5 Å². The molecule has 2 aromatic rings. The summed E-state index contributed by atoms with van der Waals surface area (Å²) in [6.07, 6.45) is -0.0773. The maximum absolute atomic E-state index is 12.5. The van der Waals surface area contributed by atoms with Gasteiger partial charge in [0.2, 0.25) is 0 Å². The Bertz CT molecular complexity index is 751. The lowest BCUT2D eigenvalue weighted by molar-refractivity contribution is -0.122. The maximum Gasteiger partial charge on any atom is 0.265 e. The number of carbonyl (C=O) groups is 2. The van der Waals surface area contributed by atoms with Crippen molar-refractivity contribution in [3.63, 3.8) is 0 Å². The Kier molecular flexibility index (Phi) is 5.30. The first-order chi connectivity index (χ1) is 12.2. The van der Waals surface area contributed by atoms with Crippen LogP contribution in [-0.4, -0.2) is 38.2 Å². The summed E-state index contributed by atoms with van der Waals surface area (Å²) < 4.78 is 10.6. The zero-order chi connectivity index (χ0) is 17.6. The molecule has 0 fully saturated rings. The first-order valence-corrected chi connectivity index (χ1v) is 8.10. The zero-order valence-electron chi connectivity index (χ0n) is 14.0. The highest BCUT2D eigenvalue weighted by Gasteiger charge is 2.29. The predicted molar refractivity (Wildman–Crippen MR) is 93.8 cm³/mol. The van der Waals surface area contributed by atoms with Gasteiger partial charge in [0.1, 0.15) is 5.75 Å². The summed E-state index contributed by atoms with van der Waals surface area (Å²) in [6.45, 7) is 0.826. The number of hydrogen-bond acceptors (Lipinski definition) is 4. The third-order valence-electron chi connectivity index (χ3n) is 3.96. The minimum absolute atomic E-state index is 0.261. The number of methoxy groups -OCH3 is 1. The fourth-order valence-electron chi connectivity index (χ4n) is 2.69. The molecule has 0 bridgehead atoms. The first-order valence-electron chi connectivity index (χ1n) is 8.10. The van der Waals surface area contributed by atoms with Crippen molar-refractivity contribution in [1.82, 2.24) is 5.32 Å². The number of hydrogen-bond donors (Lipinski definition) is 2. The van der Waals surface area contributed by atoms with Crippen LogP contribution in [0.2, 0.25) is 0 Å². The predicted octanol–water partition coefficient (Wildman–Crippen LogP) is 2.00. The molecule has 3 rings (SSSR count). The van der Waals surface area contributed by atoms with Gasteiger partial charge >= 0.3 is 0 Å². The third kappa shape index (κ3) is 3.97. The monoisotopic (exact) mass is 340 g/mol. The smallest absolute Gasteiger partial charge is 0.265 e. The van der Waals surface area contributed by atoms with Crippen molar-refractivity contribution in [3.05, 3.63) is 59.7 Å². The molecule has 0 radical (unpaired) electrons. The van der Waals surface area contributed by atoms with Crippen LogP contribution in [-0.2, 0) is 16.0 Å². The molecule has 6 heteroatoms. The molecule has 2 amide bonds. The Balaban J connectivity index is 1.67. The number of ether oxygens (including phenoxy) is 2. The summed E-state index contributed by atoms with van der Waals surface area (Å²) in [7, 11) is 1.57. The molecule has 1 atom stereocenters. The van der Waals surface area contributed by atoms with Gasteiger partial charge in [0.25, 0.3) is 11.8 Å². The lowest BCUT2D eigenvalue weighted by Crippen LogP contribution is -2.33. The highest BCUT2D eigenvalue weighted by atomic mass is 16.5. The highest BCUT2D eigenvalue weighted by Crippen LogP contribution is 2.29. The Morgan fingerprint density at radius 2 is 1.92 bits per heavy atom. The molecule has 1 aliphatic rings. The molecular weight excluding hydrogens is 320 g/mol. The zero-order valence-corrected chi connectivity index (χ0v) is 14.0. The minimum atomic E-state index is -0.595. The normalized spacial score (nSPS) is 15.2. The van der Waals surface area contributed by atoms with Gasteiger partial charge in [0.05, 0.1) is 17.9 Å². The van der Waals surface area contributed by atoms with E-state index in [1.54, 1.807) is 31.4 Å². The van der Waals surface area contributed by atoms with Gasteiger partial charge in [-0.3, -0.25) is 9.59 Å². The van der Waals surface area contributed by atoms with E-state index in [-0.39, 0.29) is 11.8 Å². The molecule has 0 aliphatic carbocycles. The van der Waals surface area contributed by atoms with Crippen LogP contribution in [0.1, 0.15) is 15.9 Å². The van der Waals surface area contributed by atoms with Crippen LogP contribution in [0.4, 0.5) is 5.69 Å². The number of rotatable bonds is 6. The Hall–Kier alpha value is -2.86. The molecule has 1 aliphatic heterocycles. The Morgan fingerprint density at radius 3 is 2.72 bits per heavy atom. The van der Waals surface area contributed by atoms with E-state index < -0.39 is 6.10 Å². The van der Waals surface area contributed by atoms with Gasteiger partial charge in [-0.1, -0.05) is 30.3 Å². The standard InChI is InChI=1S/C19H20N2O4/c1-24-11-10-20-18(22)14-7-3-4-8-15(14)21-19(23)17-12-13-6-2-5-9-16(13)25-17/h2-9,17H,10-12H2,1H3,(H,20,22)(H,21,23)/t17-/m0/s1. The van der Waals surface area contributed by atoms with Crippen LogP contribution in [0.25, 0.3) is 0 Å². The second kappa shape index (κ2) is 7.81. The van der Waals surface area contributed by atoms with Gasteiger partial charge in [-0.15, -0.1) is 0 Å². The van der Waals surface area contributed by atoms with Crippen LogP contribution >= 0.6 is 0 Å². The quantitative estimate of drug-likeness (QED) is 0.789. The fourth-order valence-corrected chi connectivity index (χ4v) is 2.69. The maximum atomic E-state index is 12.5. The van der Waals surface area contributed by atoms with Crippen molar-refractivity contribution >= 4 is 17.5 Å². The molecule has 0 saturated heterocycles. The topological polar surface area (TPSA) is 76.7 Å². The van der Waals surface area contributed by atoms with Crippen molar-refractivity contribution in [1.29, 1.82) is 0 Å². The summed E-state index contributed by atoms with van der Waals surface area (Å²) >= 11 is 0. The SMILES string of the molecule is COCCNC(=O)c1ccccc1NC(=O)[C@@H]1Cc2ccccc2O1. The first kappa shape index (κ1) is 17.0. The number of benzene rings is 2. The van der Waals surface area contributed by atoms with E-state index in [1.165, 1.54) is 0 Å². The third-order valence-corrected chi connectivity index (χ3v) is 3.96. The molecule has 0 spiro atoms. The van der Waals surface area contributed by atoms with E-state index in [9.17, 15) is 9.59 Å². The lowest BCUT2D eigenvalue weighted by Gasteiger charge is -2.14. The van der Waals surface area contributed by atoms with Gasteiger partial charge in [0.15, 0.2) is 6.10 Å². The molecule has 2 N–H and O–H groups in total. The molecule has 2 aromatic carbocycles. The molecule has 0 aromatic heterocycles. The average Bonchev–Trinajstić information content (AvgIpc) is 3.06. The average molecular weight is 340 g/mol. The number of anilines is 1. The summed E-state index contributed by atoms with van der Waals surface area (Å²) in [4.78, 5) is 24.8. The van der Waals surface area contributed by atoms with Crippen molar-refractivity contribution in [2.75, 3.05) is 25.6 Å². The Labute approximate surface area is 146 Å². The van der Waals surface area contributed by atoms with E-state index in [0.29, 0.717) is 30.8 Å². The molecule has 130 valence electrons. The summed E-state index contributed by atoms with van der Waals surface area (Å²) in [6, 6.07) is 14.5. The molecule has 0 saturated carbocycles. The van der Waals surface area contributed by atoms with Gasteiger partial charge in [0, 0.05) is 20.1 Å². The number of amides is 2. The summed E-state index contributed by atoms with van der Waals surface area (Å²) in [5, 5.41) is 5.55. The lowest BCUT2D eigenvalue weighted by atomic mass is 10.1. The largest absolute Gasteiger partial charge is 0.480 e. The van der Waals surface area contributed by atoms with E-state index in [0.717, 1.165) is 11.3 Å². The van der Waals surface area contributed by atoms with E-state index in [2.05, 4.69) is 10.6 Å². The Morgan fingerprint density at radius 1 is 1.16 bits per heavy atom. The van der Waals surface area contributed by atoms with Gasteiger partial charge in [-0.05, 0) is 23.8 Å². The van der Waals surface area contributed by atoms with Crippen LogP contribution in [0, 0.1) is 0 Å². The minimum Gasteiger partial charge on any atom is -0.480 e. The van der Waals surface area contributed by atoms with Gasteiger partial charge < -0.3 is 20.1 Å². The van der Waals surface area contributed by atoms with Crippen LogP contribution < -0.4 is 15.4 Å². The highest BCUT2D eigenvalue weighted by molar-refractivity contribution is 6.04. The molecule has 25 heavy (non-hydrogen) atoms. The second-order valence-corrected chi connectivity index (χ2v) is 5.70. The van der Waals surface area contributed by atoms with Crippen molar-refractivity contribution < 1.29 is 19.1 Å².